The number of nitrogens with two attached hydrogens (primary N) is 1. The molecule has 90 valence electrons. The summed E-state index contributed by atoms with van der Waals surface area (Å²) in [5.41, 5.74) is 6.36. The average molecular weight is 235 g/mol. The number of hydrogen-bond donors (Lipinski definition) is 2. The fourth-order valence-corrected chi connectivity index (χ4v) is 1.52. The van der Waals surface area contributed by atoms with E-state index in [0.717, 1.165) is 12.0 Å². The first-order valence-electron chi connectivity index (χ1n) is 5.27. The van der Waals surface area contributed by atoms with Gasteiger partial charge in [0.2, 0.25) is 0 Å². The predicted molar refractivity (Wildman–Crippen MR) is 58.5 cm³/mol. The van der Waals surface area contributed by atoms with E-state index < -0.39 is 5.91 Å². The van der Waals surface area contributed by atoms with Crippen molar-refractivity contribution in [2.75, 3.05) is 0 Å². The number of hydrogen-bond acceptors (Lipinski definition) is 5. The van der Waals surface area contributed by atoms with E-state index in [0.29, 0.717) is 5.95 Å². The largest absolute Gasteiger partial charge is 0.364 e. The molecule has 17 heavy (non-hydrogen) atoms. The Balaban J connectivity index is 2.48. The van der Waals surface area contributed by atoms with E-state index in [1.165, 1.54) is 4.68 Å². The highest BCUT2D eigenvalue weighted by Crippen LogP contribution is 2.22. The van der Waals surface area contributed by atoms with Gasteiger partial charge in [-0.3, -0.25) is 4.79 Å². The minimum Gasteiger partial charge on any atom is -0.364 e. The summed E-state index contributed by atoms with van der Waals surface area (Å²) in [7, 11) is 0. The zero-order valence-corrected chi connectivity index (χ0v) is 9.58. The molecule has 1 atom stereocenters. The van der Waals surface area contributed by atoms with E-state index in [1.54, 1.807) is 6.20 Å². The maximum atomic E-state index is 11.3. The molecule has 0 aliphatic heterocycles. The molecule has 2 heterocycles. The lowest BCUT2D eigenvalue weighted by Gasteiger charge is -2.05. The van der Waals surface area contributed by atoms with Gasteiger partial charge in [0.25, 0.3) is 11.9 Å². The second-order valence-corrected chi connectivity index (χ2v) is 3.78. The van der Waals surface area contributed by atoms with Crippen LogP contribution in [0.2, 0.25) is 0 Å². The lowest BCUT2D eigenvalue weighted by Crippen LogP contribution is -2.15. The van der Waals surface area contributed by atoms with Gasteiger partial charge in [0.15, 0.2) is 5.69 Å². The third kappa shape index (κ3) is 2.01. The van der Waals surface area contributed by atoms with Crippen molar-refractivity contribution in [3.63, 3.8) is 0 Å². The molecule has 1 amide bonds. The van der Waals surface area contributed by atoms with E-state index in [1.807, 2.05) is 13.8 Å². The Bertz CT molecular complexity index is 515. The number of carbonyl (C=O) groups is 1. The summed E-state index contributed by atoms with van der Waals surface area (Å²) in [5.74, 6) is -0.00397. The maximum absolute atomic E-state index is 11.3. The van der Waals surface area contributed by atoms with E-state index in [9.17, 15) is 4.79 Å². The molecule has 0 radical (unpaired) electrons. The molecule has 8 heteroatoms. The lowest BCUT2D eigenvalue weighted by molar-refractivity contribution is 0.0994. The lowest BCUT2D eigenvalue weighted by atomic mass is 9.99. The SMILES string of the molecule is CCC(C)c1cn(-c2nnn[nH]2)nc1C(N)=O. The highest BCUT2D eigenvalue weighted by atomic mass is 16.1. The number of rotatable bonds is 4. The highest BCUT2D eigenvalue weighted by Gasteiger charge is 2.19. The number of nitrogens with zero attached hydrogens (tertiary/aromatic N) is 5. The van der Waals surface area contributed by atoms with Crippen LogP contribution in [0.3, 0.4) is 0 Å². The molecule has 2 rings (SSSR count). The molecule has 0 saturated carbocycles. The zero-order chi connectivity index (χ0) is 12.4. The topological polar surface area (TPSA) is 115 Å². The molecule has 3 N–H and O–H groups in total. The fraction of sp³-hybridized carbons (Fsp3) is 0.444. The van der Waals surface area contributed by atoms with Gasteiger partial charge in [-0.05, 0) is 22.8 Å². The van der Waals surface area contributed by atoms with E-state index >= 15 is 0 Å². The van der Waals surface area contributed by atoms with Crippen molar-refractivity contribution in [1.82, 2.24) is 30.4 Å². The van der Waals surface area contributed by atoms with Gasteiger partial charge in [0, 0.05) is 11.8 Å². The molecule has 0 aromatic carbocycles. The molecule has 0 spiro atoms. The minimum atomic E-state index is -0.550. The molecule has 2 aromatic heterocycles. The van der Waals surface area contributed by atoms with Gasteiger partial charge >= 0.3 is 0 Å². The Kier molecular flexibility index (Phi) is 2.86. The first-order valence-corrected chi connectivity index (χ1v) is 5.27. The fourth-order valence-electron chi connectivity index (χ4n) is 1.52. The maximum Gasteiger partial charge on any atom is 0.269 e. The minimum absolute atomic E-state index is 0.196. The van der Waals surface area contributed by atoms with Crippen LogP contribution >= 0.6 is 0 Å². The number of H-pyrrole nitrogens is 1. The third-order valence-electron chi connectivity index (χ3n) is 2.67. The van der Waals surface area contributed by atoms with Crippen molar-refractivity contribution in [1.29, 1.82) is 0 Å². The van der Waals surface area contributed by atoms with Gasteiger partial charge in [-0.25, -0.2) is 9.78 Å². The summed E-state index contributed by atoms with van der Waals surface area (Å²) in [4.78, 5) is 11.3. The van der Waals surface area contributed by atoms with Crippen LogP contribution in [0.1, 0.15) is 42.2 Å². The molecule has 0 fully saturated rings. The molecular weight excluding hydrogens is 222 g/mol. The molecule has 8 nitrogen and oxygen atoms in total. The van der Waals surface area contributed by atoms with E-state index in [-0.39, 0.29) is 11.6 Å². The summed E-state index contributed by atoms with van der Waals surface area (Å²) >= 11 is 0. The van der Waals surface area contributed by atoms with Gasteiger partial charge in [-0.2, -0.15) is 5.10 Å². The molecule has 1 unspecified atom stereocenters. The van der Waals surface area contributed by atoms with Gasteiger partial charge < -0.3 is 5.73 Å². The molecular formula is C9H13N7O. The van der Waals surface area contributed by atoms with E-state index in [2.05, 4.69) is 25.7 Å². The molecule has 0 bridgehead atoms. The van der Waals surface area contributed by atoms with Crippen LogP contribution in [0.15, 0.2) is 6.20 Å². The smallest absolute Gasteiger partial charge is 0.269 e. The van der Waals surface area contributed by atoms with Gasteiger partial charge in [0.05, 0.1) is 0 Å². The second-order valence-electron chi connectivity index (χ2n) is 3.78. The number of nitrogens with one attached hydrogen (secondary N) is 1. The second kappa shape index (κ2) is 4.32. The molecule has 0 aliphatic carbocycles. The predicted octanol–water partition coefficient (Wildman–Crippen LogP) is -0.00220. The summed E-state index contributed by atoms with van der Waals surface area (Å²) in [6, 6.07) is 0. The van der Waals surface area contributed by atoms with Crippen LogP contribution in [0.5, 0.6) is 0 Å². The zero-order valence-electron chi connectivity index (χ0n) is 9.58. The first kappa shape index (κ1) is 11.2. The normalized spacial score (nSPS) is 12.6. The third-order valence-corrected chi connectivity index (χ3v) is 2.67. The van der Waals surface area contributed by atoms with E-state index in [4.69, 9.17) is 5.73 Å². The Morgan fingerprint density at radius 2 is 2.41 bits per heavy atom. The van der Waals surface area contributed by atoms with Crippen LogP contribution in [-0.4, -0.2) is 36.3 Å². The number of aromatic amines is 1. The number of amides is 1. The van der Waals surface area contributed by atoms with Crippen LogP contribution in [0, 0.1) is 0 Å². The molecule has 2 aromatic rings. The van der Waals surface area contributed by atoms with Gasteiger partial charge in [0.1, 0.15) is 0 Å². The van der Waals surface area contributed by atoms with Crippen molar-refractivity contribution in [3.8, 4) is 5.95 Å². The van der Waals surface area contributed by atoms with Crippen LogP contribution in [0.25, 0.3) is 5.95 Å². The Morgan fingerprint density at radius 1 is 1.65 bits per heavy atom. The number of tetrazole rings is 1. The van der Waals surface area contributed by atoms with Gasteiger partial charge in [-0.1, -0.05) is 18.9 Å². The quantitative estimate of drug-likeness (QED) is 0.773. The number of aromatic nitrogens is 6. The van der Waals surface area contributed by atoms with Crippen LogP contribution < -0.4 is 5.73 Å². The first-order chi connectivity index (χ1) is 8.13. The van der Waals surface area contributed by atoms with Crippen molar-refractivity contribution >= 4 is 5.91 Å². The summed E-state index contributed by atoms with van der Waals surface area (Å²) < 4.78 is 1.42. The van der Waals surface area contributed by atoms with Crippen molar-refractivity contribution < 1.29 is 4.79 Å². The standard InChI is InChI=1S/C9H13N7O/c1-3-5(2)6-4-16(9-11-14-15-12-9)13-7(6)8(10)17/h4-5H,3H2,1-2H3,(H2,10,17)(H,11,12,14,15). The van der Waals surface area contributed by atoms with Crippen molar-refractivity contribution in [2.45, 2.75) is 26.2 Å². The van der Waals surface area contributed by atoms with Crippen LogP contribution in [0.4, 0.5) is 0 Å². The van der Waals surface area contributed by atoms with Crippen molar-refractivity contribution in [3.05, 3.63) is 17.5 Å². The molecule has 0 saturated heterocycles. The Hall–Kier alpha value is -2.25. The number of carbonyl (C=O) groups excluding carboxylic acids is 1. The Labute approximate surface area is 97.2 Å². The van der Waals surface area contributed by atoms with Gasteiger partial charge in [-0.15, -0.1) is 0 Å². The monoisotopic (exact) mass is 235 g/mol. The highest BCUT2D eigenvalue weighted by molar-refractivity contribution is 5.92. The van der Waals surface area contributed by atoms with Crippen molar-refractivity contribution in [2.24, 2.45) is 5.73 Å². The summed E-state index contributed by atoms with van der Waals surface area (Å²) in [5, 5.41) is 17.3. The Morgan fingerprint density at radius 3 is 2.94 bits per heavy atom. The summed E-state index contributed by atoms with van der Waals surface area (Å²) in [6.45, 7) is 4.04. The molecule has 0 aliphatic rings. The van der Waals surface area contributed by atoms with Crippen LogP contribution in [-0.2, 0) is 0 Å². The average Bonchev–Trinajstić information content (AvgIpc) is 2.95. The summed E-state index contributed by atoms with van der Waals surface area (Å²) in [6.07, 6.45) is 2.61. The number of primary amides is 1.